The molecule has 1 rings (SSSR count). The molecule has 0 spiro atoms. The van der Waals surface area contributed by atoms with Crippen molar-refractivity contribution in [1.82, 2.24) is 10.3 Å². The highest BCUT2D eigenvalue weighted by molar-refractivity contribution is 7.98. The van der Waals surface area contributed by atoms with Gasteiger partial charge in [0.05, 0.1) is 0 Å². The molecule has 0 saturated heterocycles. The van der Waals surface area contributed by atoms with E-state index >= 15 is 0 Å². The molecular formula is C10H19N3S2. The van der Waals surface area contributed by atoms with Crippen molar-refractivity contribution in [3.63, 3.8) is 0 Å². The van der Waals surface area contributed by atoms with E-state index in [1.807, 2.05) is 37.0 Å². The molecule has 1 heterocycles. The summed E-state index contributed by atoms with van der Waals surface area (Å²) in [5.74, 6) is 1.23. The molecule has 0 amide bonds. The van der Waals surface area contributed by atoms with Crippen LogP contribution in [0.3, 0.4) is 0 Å². The second-order valence-electron chi connectivity index (χ2n) is 3.53. The molecule has 0 atom stereocenters. The van der Waals surface area contributed by atoms with Gasteiger partial charge in [-0.2, -0.15) is 11.8 Å². The molecule has 0 aliphatic heterocycles. The summed E-state index contributed by atoms with van der Waals surface area (Å²) in [4.78, 5) is 7.68. The van der Waals surface area contributed by atoms with Gasteiger partial charge in [0.15, 0.2) is 5.13 Å². The van der Waals surface area contributed by atoms with Crippen LogP contribution in [-0.4, -0.2) is 37.6 Å². The van der Waals surface area contributed by atoms with Crippen LogP contribution in [0.1, 0.15) is 11.3 Å². The van der Waals surface area contributed by atoms with E-state index in [1.54, 1.807) is 11.3 Å². The number of aromatic nitrogens is 1. The third-order valence-electron chi connectivity index (χ3n) is 1.93. The van der Waals surface area contributed by atoms with Gasteiger partial charge in [-0.15, -0.1) is 11.3 Å². The van der Waals surface area contributed by atoms with Gasteiger partial charge in [0.1, 0.15) is 0 Å². The molecule has 0 aliphatic carbocycles. The Morgan fingerprint density at radius 1 is 1.53 bits per heavy atom. The molecule has 0 saturated carbocycles. The Hall–Kier alpha value is -0.260. The Bertz CT molecular complexity index is 273. The van der Waals surface area contributed by atoms with Gasteiger partial charge >= 0.3 is 0 Å². The Kier molecular flexibility index (Phi) is 6.05. The van der Waals surface area contributed by atoms with Crippen LogP contribution < -0.4 is 10.2 Å². The van der Waals surface area contributed by atoms with Gasteiger partial charge in [-0.3, -0.25) is 0 Å². The van der Waals surface area contributed by atoms with Crippen LogP contribution in [0.5, 0.6) is 0 Å². The highest BCUT2D eigenvalue weighted by Crippen LogP contribution is 2.19. The maximum atomic E-state index is 4.33. The summed E-state index contributed by atoms with van der Waals surface area (Å²) >= 11 is 3.65. The first-order chi connectivity index (χ1) is 7.24. The van der Waals surface area contributed by atoms with Gasteiger partial charge < -0.3 is 10.2 Å². The van der Waals surface area contributed by atoms with E-state index in [0.717, 1.165) is 18.2 Å². The van der Waals surface area contributed by atoms with Crippen molar-refractivity contribution in [2.45, 2.75) is 13.0 Å². The second-order valence-corrected chi connectivity index (χ2v) is 5.61. The fourth-order valence-electron chi connectivity index (χ4n) is 1.14. The van der Waals surface area contributed by atoms with Gasteiger partial charge in [0.2, 0.25) is 0 Å². The van der Waals surface area contributed by atoms with Crippen LogP contribution in [0.2, 0.25) is 0 Å². The van der Waals surface area contributed by atoms with Gasteiger partial charge in [-0.1, -0.05) is 0 Å². The van der Waals surface area contributed by atoms with Crippen LogP contribution in [0, 0.1) is 0 Å². The van der Waals surface area contributed by atoms with Crippen molar-refractivity contribution in [1.29, 1.82) is 0 Å². The van der Waals surface area contributed by atoms with Crippen molar-refractivity contribution < 1.29 is 0 Å². The lowest BCUT2D eigenvalue weighted by atomic mass is 10.4. The Balaban J connectivity index is 2.20. The SMILES string of the molecule is CSCCCNCc1cnc(N(C)C)s1. The summed E-state index contributed by atoms with van der Waals surface area (Å²) in [6, 6.07) is 0. The topological polar surface area (TPSA) is 28.2 Å². The van der Waals surface area contributed by atoms with Crippen molar-refractivity contribution in [3.8, 4) is 0 Å². The van der Waals surface area contributed by atoms with Crippen molar-refractivity contribution in [2.75, 3.05) is 37.5 Å². The highest BCUT2D eigenvalue weighted by Gasteiger charge is 2.02. The molecule has 0 fully saturated rings. The van der Waals surface area contributed by atoms with E-state index in [1.165, 1.54) is 17.1 Å². The molecule has 0 unspecified atom stereocenters. The number of nitrogens with one attached hydrogen (secondary N) is 1. The standard InChI is InChI=1S/C10H19N3S2/c1-13(2)10-12-8-9(15-10)7-11-5-4-6-14-3/h8,11H,4-7H2,1-3H3. The maximum absolute atomic E-state index is 4.33. The van der Waals surface area contributed by atoms with Crippen molar-refractivity contribution in [2.24, 2.45) is 0 Å². The quantitative estimate of drug-likeness (QED) is 0.744. The summed E-state index contributed by atoms with van der Waals surface area (Å²) in [5, 5.41) is 4.51. The first-order valence-corrected chi connectivity index (χ1v) is 7.26. The van der Waals surface area contributed by atoms with Gasteiger partial charge in [0, 0.05) is 31.7 Å². The number of rotatable bonds is 7. The molecule has 0 aliphatic rings. The minimum Gasteiger partial charge on any atom is -0.354 e. The molecule has 15 heavy (non-hydrogen) atoms. The predicted octanol–water partition coefficient (Wildman–Crippen LogP) is 2.05. The summed E-state index contributed by atoms with van der Waals surface area (Å²) in [6.07, 6.45) is 5.34. The molecule has 86 valence electrons. The third kappa shape index (κ3) is 4.86. The van der Waals surface area contributed by atoms with Crippen LogP contribution in [0.25, 0.3) is 0 Å². The van der Waals surface area contributed by atoms with Gasteiger partial charge in [-0.05, 0) is 25.0 Å². The number of nitrogens with zero attached hydrogens (tertiary/aromatic N) is 2. The molecule has 5 heteroatoms. The molecular weight excluding hydrogens is 226 g/mol. The minimum absolute atomic E-state index is 0.944. The summed E-state index contributed by atoms with van der Waals surface area (Å²) < 4.78 is 0. The second kappa shape index (κ2) is 7.09. The normalized spacial score (nSPS) is 10.6. The first-order valence-electron chi connectivity index (χ1n) is 5.05. The van der Waals surface area contributed by atoms with E-state index < -0.39 is 0 Å². The van der Waals surface area contributed by atoms with Crippen LogP contribution in [0.4, 0.5) is 5.13 Å². The molecule has 0 aromatic carbocycles. The number of hydrogen-bond donors (Lipinski definition) is 1. The van der Waals surface area contributed by atoms with E-state index in [0.29, 0.717) is 0 Å². The average Bonchev–Trinajstić information content (AvgIpc) is 2.66. The monoisotopic (exact) mass is 245 g/mol. The van der Waals surface area contributed by atoms with E-state index in [-0.39, 0.29) is 0 Å². The molecule has 1 N–H and O–H groups in total. The van der Waals surface area contributed by atoms with Crippen molar-refractivity contribution >= 4 is 28.2 Å². The smallest absolute Gasteiger partial charge is 0.185 e. The number of anilines is 1. The largest absolute Gasteiger partial charge is 0.354 e. The first kappa shape index (κ1) is 12.8. The maximum Gasteiger partial charge on any atom is 0.185 e. The third-order valence-corrected chi connectivity index (χ3v) is 3.79. The lowest BCUT2D eigenvalue weighted by Crippen LogP contribution is -2.14. The minimum atomic E-state index is 0.944. The number of thiazole rings is 1. The predicted molar refractivity (Wildman–Crippen MR) is 71.1 cm³/mol. The molecule has 0 radical (unpaired) electrons. The summed E-state index contributed by atoms with van der Waals surface area (Å²) in [7, 11) is 4.04. The fourth-order valence-corrected chi connectivity index (χ4v) is 2.37. The lowest BCUT2D eigenvalue weighted by molar-refractivity contribution is 0.684. The fraction of sp³-hybridized carbons (Fsp3) is 0.700. The van der Waals surface area contributed by atoms with Crippen LogP contribution in [-0.2, 0) is 6.54 Å². The van der Waals surface area contributed by atoms with E-state index in [9.17, 15) is 0 Å². The van der Waals surface area contributed by atoms with E-state index in [2.05, 4.69) is 16.6 Å². The lowest BCUT2D eigenvalue weighted by Gasteiger charge is -2.05. The summed E-state index contributed by atoms with van der Waals surface area (Å²) in [5.41, 5.74) is 0. The van der Waals surface area contributed by atoms with Gasteiger partial charge in [0.25, 0.3) is 0 Å². The Morgan fingerprint density at radius 3 is 2.93 bits per heavy atom. The average molecular weight is 245 g/mol. The highest BCUT2D eigenvalue weighted by atomic mass is 32.2. The Morgan fingerprint density at radius 2 is 2.33 bits per heavy atom. The van der Waals surface area contributed by atoms with Crippen molar-refractivity contribution in [3.05, 3.63) is 11.1 Å². The molecule has 0 bridgehead atoms. The Labute approximate surface area is 100 Å². The van der Waals surface area contributed by atoms with E-state index in [4.69, 9.17) is 0 Å². The molecule has 1 aromatic rings. The zero-order chi connectivity index (χ0) is 11.1. The number of thioether (sulfide) groups is 1. The zero-order valence-corrected chi connectivity index (χ0v) is 11.2. The molecule has 3 nitrogen and oxygen atoms in total. The van der Waals surface area contributed by atoms with Crippen LogP contribution >= 0.6 is 23.1 Å². The zero-order valence-electron chi connectivity index (χ0n) is 9.62. The molecule has 1 aromatic heterocycles. The summed E-state index contributed by atoms with van der Waals surface area (Å²) in [6.45, 7) is 2.04. The van der Waals surface area contributed by atoms with Gasteiger partial charge in [-0.25, -0.2) is 4.98 Å². The number of hydrogen-bond acceptors (Lipinski definition) is 5. The van der Waals surface area contributed by atoms with Crippen LogP contribution in [0.15, 0.2) is 6.20 Å².